The molecule has 0 saturated carbocycles. The second kappa shape index (κ2) is 9.13. The van der Waals surface area contributed by atoms with Crippen molar-refractivity contribution < 1.29 is 9.59 Å². The first-order valence-corrected chi connectivity index (χ1v) is 7.46. The summed E-state index contributed by atoms with van der Waals surface area (Å²) in [5.41, 5.74) is 1.26. The molecule has 0 fully saturated rings. The largest absolute Gasteiger partial charge is 0.339 e. The Kier molecular flexibility index (Phi) is 7.46. The van der Waals surface area contributed by atoms with E-state index in [9.17, 15) is 9.59 Å². The van der Waals surface area contributed by atoms with Crippen LogP contribution < -0.4 is 10.6 Å². The second-order valence-electron chi connectivity index (χ2n) is 4.95. The van der Waals surface area contributed by atoms with Gasteiger partial charge in [0, 0.05) is 24.3 Å². The first-order valence-electron chi connectivity index (χ1n) is 7.46. The molecule has 0 bridgehead atoms. The topological polar surface area (TPSA) is 61.4 Å². The van der Waals surface area contributed by atoms with E-state index in [0.717, 1.165) is 25.9 Å². The zero-order valence-electron chi connectivity index (χ0n) is 13.1. The maximum atomic E-state index is 12.5. The summed E-state index contributed by atoms with van der Waals surface area (Å²) in [7, 11) is 1.72. The first-order chi connectivity index (χ1) is 10.1. The summed E-state index contributed by atoms with van der Waals surface area (Å²) < 4.78 is 0. The maximum Gasteiger partial charge on any atom is 0.253 e. The summed E-state index contributed by atoms with van der Waals surface area (Å²) in [5, 5.41) is 5.56. The van der Waals surface area contributed by atoms with E-state index < -0.39 is 0 Å². The molecule has 2 N–H and O–H groups in total. The molecule has 1 rings (SSSR count). The van der Waals surface area contributed by atoms with E-state index in [4.69, 9.17) is 0 Å². The van der Waals surface area contributed by atoms with Crippen LogP contribution in [0.3, 0.4) is 0 Å². The molecule has 0 unspecified atom stereocenters. The molecule has 5 heteroatoms. The molecule has 5 nitrogen and oxygen atoms in total. The zero-order chi connectivity index (χ0) is 15.7. The fourth-order valence-corrected chi connectivity index (χ4v) is 2.13. The number of anilines is 1. The van der Waals surface area contributed by atoms with Crippen molar-refractivity contribution in [1.29, 1.82) is 0 Å². The molecule has 21 heavy (non-hydrogen) atoms. The predicted molar refractivity (Wildman–Crippen MR) is 85.5 cm³/mol. The molecule has 0 aliphatic heterocycles. The van der Waals surface area contributed by atoms with Gasteiger partial charge in [0.2, 0.25) is 5.91 Å². The third-order valence-electron chi connectivity index (χ3n) is 3.00. The molecule has 0 radical (unpaired) electrons. The lowest BCUT2D eigenvalue weighted by Gasteiger charge is -2.21. The van der Waals surface area contributed by atoms with Gasteiger partial charge >= 0.3 is 0 Å². The van der Waals surface area contributed by atoms with Gasteiger partial charge in [-0.3, -0.25) is 9.59 Å². The first kappa shape index (κ1) is 17.2. The Hall–Kier alpha value is -1.88. The van der Waals surface area contributed by atoms with E-state index in [1.165, 1.54) is 0 Å². The fraction of sp³-hybridized carbons (Fsp3) is 0.500. The zero-order valence-corrected chi connectivity index (χ0v) is 13.1. The van der Waals surface area contributed by atoms with Crippen molar-refractivity contribution in [1.82, 2.24) is 10.2 Å². The third-order valence-corrected chi connectivity index (χ3v) is 3.00. The van der Waals surface area contributed by atoms with Crippen molar-refractivity contribution in [2.75, 3.05) is 32.0 Å². The SMILES string of the molecule is CCCN(CCC)C(=O)c1cccc(NC(=O)CNC)c1. The summed E-state index contributed by atoms with van der Waals surface area (Å²) in [6.07, 6.45) is 1.87. The molecule has 1 aromatic carbocycles. The van der Waals surface area contributed by atoms with Crippen LogP contribution in [-0.2, 0) is 4.79 Å². The number of hydrogen-bond acceptors (Lipinski definition) is 3. The van der Waals surface area contributed by atoms with Crippen LogP contribution in [0.25, 0.3) is 0 Å². The normalized spacial score (nSPS) is 10.2. The van der Waals surface area contributed by atoms with Gasteiger partial charge in [-0.15, -0.1) is 0 Å². The molecule has 116 valence electrons. The molecule has 0 heterocycles. The highest BCUT2D eigenvalue weighted by Crippen LogP contribution is 2.13. The van der Waals surface area contributed by atoms with E-state index in [1.54, 1.807) is 31.3 Å². The van der Waals surface area contributed by atoms with Crippen LogP contribution in [0, 0.1) is 0 Å². The van der Waals surface area contributed by atoms with Crippen LogP contribution in [0.1, 0.15) is 37.0 Å². The van der Waals surface area contributed by atoms with Gasteiger partial charge in [0.25, 0.3) is 5.91 Å². The van der Waals surface area contributed by atoms with Gasteiger partial charge in [-0.05, 0) is 38.1 Å². The molecule has 0 aromatic heterocycles. The van der Waals surface area contributed by atoms with Gasteiger partial charge in [-0.2, -0.15) is 0 Å². The second-order valence-corrected chi connectivity index (χ2v) is 4.95. The summed E-state index contributed by atoms with van der Waals surface area (Å²) in [6, 6.07) is 7.09. The minimum absolute atomic E-state index is 0.0171. The summed E-state index contributed by atoms with van der Waals surface area (Å²) in [6.45, 7) is 5.87. The standard InChI is InChI=1S/C16H25N3O2/c1-4-9-19(10-5-2)16(21)13-7-6-8-14(11-13)18-15(20)12-17-3/h6-8,11,17H,4-5,9-10,12H2,1-3H3,(H,18,20). The van der Waals surface area contributed by atoms with Gasteiger partial charge in [0.15, 0.2) is 0 Å². The van der Waals surface area contributed by atoms with Crippen molar-refractivity contribution in [3.05, 3.63) is 29.8 Å². The van der Waals surface area contributed by atoms with Crippen molar-refractivity contribution in [3.8, 4) is 0 Å². The summed E-state index contributed by atoms with van der Waals surface area (Å²) in [4.78, 5) is 25.9. The number of nitrogens with zero attached hydrogens (tertiary/aromatic N) is 1. The Morgan fingerprint density at radius 2 is 1.81 bits per heavy atom. The summed E-state index contributed by atoms with van der Waals surface area (Å²) in [5.74, 6) is -0.107. The minimum atomic E-state index is -0.124. The molecule has 0 saturated heterocycles. The Morgan fingerprint density at radius 1 is 1.14 bits per heavy atom. The van der Waals surface area contributed by atoms with Crippen LogP contribution in [0.5, 0.6) is 0 Å². The number of amides is 2. The van der Waals surface area contributed by atoms with Crippen molar-refractivity contribution in [3.63, 3.8) is 0 Å². The van der Waals surface area contributed by atoms with Gasteiger partial charge in [-0.1, -0.05) is 19.9 Å². The van der Waals surface area contributed by atoms with E-state index in [1.807, 2.05) is 4.90 Å². The molecular weight excluding hydrogens is 266 g/mol. The molecular formula is C16H25N3O2. The predicted octanol–water partition coefficient (Wildman–Crippen LogP) is 2.11. The Labute approximate surface area is 126 Å². The summed E-state index contributed by atoms with van der Waals surface area (Å²) >= 11 is 0. The number of hydrogen-bond donors (Lipinski definition) is 2. The average molecular weight is 291 g/mol. The van der Waals surface area contributed by atoms with Crippen LogP contribution in [0.15, 0.2) is 24.3 Å². The third kappa shape index (κ3) is 5.55. The van der Waals surface area contributed by atoms with Gasteiger partial charge in [-0.25, -0.2) is 0 Å². The number of carbonyl (C=O) groups excluding carboxylic acids is 2. The highest BCUT2D eigenvalue weighted by molar-refractivity contribution is 5.97. The van der Waals surface area contributed by atoms with Crippen LogP contribution in [0.4, 0.5) is 5.69 Å². The fourth-order valence-electron chi connectivity index (χ4n) is 2.13. The van der Waals surface area contributed by atoms with Crippen LogP contribution >= 0.6 is 0 Å². The number of carbonyl (C=O) groups is 2. The van der Waals surface area contributed by atoms with Crippen molar-refractivity contribution in [2.24, 2.45) is 0 Å². The molecule has 0 aliphatic rings. The van der Waals surface area contributed by atoms with E-state index in [-0.39, 0.29) is 18.4 Å². The van der Waals surface area contributed by atoms with E-state index in [2.05, 4.69) is 24.5 Å². The molecule has 1 aromatic rings. The lowest BCUT2D eigenvalue weighted by molar-refractivity contribution is -0.115. The average Bonchev–Trinajstić information content (AvgIpc) is 2.47. The van der Waals surface area contributed by atoms with Crippen LogP contribution in [-0.4, -0.2) is 43.4 Å². The maximum absolute atomic E-state index is 12.5. The molecule has 0 atom stereocenters. The highest BCUT2D eigenvalue weighted by Gasteiger charge is 2.14. The molecule has 2 amide bonds. The smallest absolute Gasteiger partial charge is 0.253 e. The monoisotopic (exact) mass is 291 g/mol. The van der Waals surface area contributed by atoms with Gasteiger partial charge < -0.3 is 15.5 Å². The van der Waals surface area contributed by atoms with Crippen molar-refractivity contribution in [2.45, 2.75) is 26.7 Å². The van der Waals surface area contributed by atoms with Gasteiger partial charge in [0.1, 0.15) is 0 Å². The van der Waals surface area contributed by atoms with E-state index >= 15 is 0 Å². The lowest BCUT2D eigenvalue weighted by Crippen LogP contribution is -2.32. The Morgan fingerprint density at radius 3 is 2.38 bits per heavy atom. The Balaban J connectivity index is 2.82. The molecule has 0 spiro atoms. The van der Waals surface area contributed by atoms with Crippen LogP contribution in [0.2, 0.25) is 0 Å². The molecule has 0 aliphatic carbocycles. The Bertz CT molecular complexity index is 468. The van der Waals surface area contributed by atoms with Crippen molar-refractivity contribution >= 4 is 17.5 Å². The number of rotatable bonds is 8. The minimum Gasteiger partial charge on any atom is -0.339 e. The lowest BCUT2D eigenvalue weighted by atomic mass is 10.1. The highest BCUT2D eigenvalue weighted by atomic mass is 16.2. The quantitative estimate of drug-likeness (QED) is 0.771. The number of likely N-dealkylation sites (N-methyl/N-ethyl adjacent to an activating group) is 1. The van der Waals surface area contributed by atoms with Gasteiger partial charge in [0.05, 0.1) is 6.54 Å². The number of benzene rings is 1. The van der Waals surface area contributed by atoms with E-state index in [0.29, 0.717) is 11.3 Å². The number of nitrogens with one attached hydrogen (secondary N) is 2.